The number of thiophene rings is 1. The van der Waals surface area contributed by atoms with Gasteiger partial charge in [0.25, 0.3) is 0 Å². The number of hydrogen-bond donors (Lipinski definition) is 1. The predicted octanol–water partition coefficient (Wildman–Crippen LogP) is 3.10. The maximum atomic E-state index is 10.9. The number of fused-ring (bicyclic) bond motifs is 2. The lowest BCUT2D eigenvalue weighted by molar-refractivity contribution is -0.137. The van der Waals surface area contributed by atoms with Crippen LogP contribution in [0.15, 0.2) is 6.07 Å². The van der Waals surface area contributed by atoms with Crippen molar-refractivity contribution in [3.8, 4) is 0 Å². The molecule has 2 aliphatic heterocycles. The van der Waals surface area contributed by atoms with Gasteiger partial charge < -0.3 is 14.9 Å². The molecule has 6 nitrogen and oxygen atoms in total. The van der Waals surface area contributed by atoms with E-state index in [4.69, 9.17) is 26.7 Å². The van der Waals surface area contributed by atoms with Crippen LogP contribution >= 0.6 is 22.9 Å². The summed E-state index contributed by atoms with van der Waals surface area (Å²) in [4.78, 5) is 26.0. The molecule has 2 saturated heterocycles. The molecule has 0 bridgehead atoms. The smallest absolute Gasteiger partial charge is 0.303 e. The molecular weight excluding hydrogens is 360 g/mol. The maximum Gasteiger partial charge on any atom is 0.303 e. The van der Waals surface area contributed by atoms with E-state index in [9.17, 15) is 4.79 Å². The summed E-state index contributed by atoms with van der Waals surface area (Å²) in [6.45, 7) is 4.96. The van der Waals surface area contributed by atoms with Crippen LogP contribution in [0.3, 0.4) is 0 Å². The molecule has 5 rings (SSSR count). The van der Waals surface area contributed by atoms with Gasteiger partial charge in [0.1, 0.15) is 10.6 Å². The van der Waals surface area contributed by atoms with E-state index < -0.39 is 5.97 Å². The van der Waals surface area contributed by atoms with Crippen molar-refractivity contribution in [2.45, 2.75) is 25.8 Å². The Morgan fingerprint density at radius 1 is 1.40 bits per heavy atom. The van der Waals surface area contributed by atoms with Crippen molar-refractivity contribution in [3.05, 3.63) is 10.4 Å². The van der Waals surface area contributed by atoms with Crippen LogP contribution < -0.4 is 9.80 Å². The van der Waals surface area contributed by atoms with E-state index in [-0.39, 0.29) is 0 Å². The van der Waals surface area contributed by atoms with Gasteiger partial charge in [-0.15, -0.1) is 11.3 Å². The van der Waals surface area contributed by atoms with Crippen molar-refractivity contribution in [2.75, 3.05) is 29.4 Å². The first-order chi connectivity index (χ1) is 12.0. The van der Waals surface area contributed by atoms with Gasteiger partial charge in [0.05, 0.1) is 9.72 Å². The highest BCUT2D eigenvalue weighted by molar-refractivity contribution is 7.22. The summed E-state index contributed by atoms with van der Waals surface area (Å²) in [6.07, 6.45) is 1.47. The zero-order valence-electron chi connectivity index (χ0n) is 13.9. The quantitative estimate of drug-likeness (QED) is 0.881. The highest BCUT2D eigenvalue weighted by Crippen LogP contribution is 2.54. The number of halogens is 1. The SMILES string of the molecule is C[C@H]1CCN1c1nc(N2C[C@@H]3[C@@H](CC(=O)O)[C@@H]3C2)c2cc(Cl)sc2n1. The first-order valence-electron chi connectivity index (χ1n) is 8.71. The van der Waals surface area contributed by atoms with Gasteiger partial charge in [-0.25, -0.2) is 4.98 Å². The molecule has 4 atom stereocenters. The second-order valence-electron chi connectivity index (χ2n) is 7.44. The number of hydrogen-bond acceptors (Lipinski definition) is 6. The lowest BCUT2D eigenvalue weighted by Crippen LogP contribution is -2.46. The van der Waals surface area contributed by atoms with Crippen molar-refractivity contribution in [2.24, 2.45) is 17.8 Å². The molecule has 0 aromatic carbocycles. The Labute approximate surface area is 154 Å². The third-order valence-corrected chi connectivity index (χ3v) is 7.15. The monoisotopic (exact) mass is 378 g/mol. The van der Waals surface area contributed by atoms with Crippen molar-refractivity contribution in [1.29, 1.82) is 0 Å². The van der Waals surface area contributed by atoms with Crippen LogP contribution in [-0.2, 0) is 4.79 Å². The first kappa shape index (κ1) is 15.6. The summed E-state index contributed by atoms with van der Waals surface area (Å²) in [6, 6.07) is 2.44. The van der Waals surface area contributed by atoms with E-state index >= 15 is 0 Å². The van der Waals surface area contributed by atoms with Crippen LogP contribution in [-0.4, -0.2) is 46.7 Å². The van der Waals surface area contributed by atoms with Gasteiger partial charge in [-0.1, -0.05) is 11.6 Å². The Hall–Kier alpha value is -1.60. The number of anilines is 2. The Bertz CT molecular complexity index is 860. The second-order valence-corrected chi connectivity index (χ2v) is 9.10. The minimum absolute atomic E-state index is 0.295. The number of carboxylic acid groups (broad SMARTS) is 1. The molecule has 4 heterocycles. The number of aliphatic carboxylic acids is 1. The molecule has 3 fully saturated rings. The highest BCUT2D eigenvalue weighted by Gasteiger charge is 2.56. The van der Waals surface area contributed by atoms with Crippen LogP contribution in [0.25, 0.3) is 10.2 Å². The highest BCUT2D eigenvalue weighted by atomic mass is 35.5. The van der Waals surface area contributed by atoms with Crippen LogP contribution in [0.1, 0.15) is 19.8 Å². The molecule has 132 valence electrons. The van der Waals surface area contributed by atoms with E-state index in [1.807, 2.05) is 6.07 Å². The van der Waals surface area contributed by atoms with Gasteiger partial charge >= 0.3 is 5.97 Å². The zero-order chi connectivity index (χ0) is 17.3. The summed E-state index contributed by atoms with van der Waals surface area (Å²) < 4.78 is 0.729. The third kappa shape index (κ3) is 2.47. The maximum absolute atomic E-state index is 10.9. The number of rotatable bonds is 4. The molecule has 0 unspecified atom stereocenters. The first-order valence-corrected chi connectivity index (χ1v) is 9.91. The minimum Gasteiger partial charge on any atom is -0.481 e. The van der Waals surface area contributed by atoms with Crippen molar-refractivity contribution in [3.63, 3.8) is 0 Å². The summed E-state index contributed by atoms with van der Waals surface area (Å²) >= 11 is 7.74. The number of carbonyl (C=O) groups is 1. The molecular formula is C17H19ClN4O2S. The van der Waals surface area contributed by atoms with Crippen molar-refractivity contribution < 1.29 is 9.90 Å². The Morgan fingerprint density at radius 3 is 2.76 bits per heavy atom. The molecule has 2 aromatic rings. The van der Waals surface area contributed by atoms with Crippen molar-refractivity contribution in [1.82, 2.24) is 9.97 Å². The lowest BCUT2D eigenvalue weighted by Gasteiger charge is -2.39. The standard InChI is InChI=1S/C17H19ClN4O2S/c1-8-2-3-22(8)17-19-15(10-4-13(18)25-16(10)20-17)21-6-11-9(5-14(23)24)12(11)7-21/h4,8-9,11-12H,2-3,5-7H2,1H3,(H,23,24)/t8-,9-,11-,12+/m0/s1. The minimum atomic E-state index is -0.686. The molecule has 8 heteroatoms. The lowest BCUT2D eigenvalue weighted by atomic mass is 10.1. The van der Waals surface area contributed by atoms with Gasteiger partial charge in [-0.2, -0.15) is 4.98 Å². The molecule has 1 saturated carbocycles. The molecule has 25 heavy (non-hydrogen) atoms. The van der Waals surface area contributed by atoms with Crippen molar-refractivity contribution >= 4 is 50.9 Å². The van der Waals surface area contributed by atoms with Gasteiger partial charge in [-0.3, -0.25) is 4.79 Å². The summed E-state index contributed by atoms with van der Waals surface area (Å²) in [5, 5.41) is 10.0. The third-order valence-electron chi connectivity index (χ3n) is 5.99. The molecule has 0 radical (unpaired) electrons. The largest absolute Gasteiger partial charge is 0.481 e. The van der Waals surface area contributed by atoms with Gasteiger partial charge in [0.2, 0.25) is 5.95 Å². The van der Waals surface area contributed by atoms with Crippen LogP contribution in [0.4, 0.5) is 11.8 Å². The number of piperidine rings is 1. The fourth-order valence-electron chi connectivity index (χ4n) is 4.38. The molecule has 3 aliphatic rings. The second kappa shape index (κ2) is 5.45. The van der Waals surface area contributed by atoms with E-state index in [0.717, 1.165) is 46.0 Å². The average Bonchev–Trinajstić information content (AvgIpc) is 2.90. The number of aromatic nitrogens is 2. The Morgan fingerprint density at radius 2 is 2.16 bits per heavy atom. The normalized spacial score (nSPS) is 30.5. The zero-order valence-corrected chi connectivity index (χ0v) is 15.4. The predicted molar refractivity (Wildman–Crippen MR) is 98.8 cm³/mol. The van der Waals surface area contributed by atoms with E-state index in [0.29, 0.717) is 30.2 Å². The topological polar surface area (TPSA) is 69.6 Å². The summed E-state index contributed by atoms with van der Waals surface area (Å²) in [5.74, 6) is 2.38. The number of nitrogens with zero attached hydrogens (tertiary/aromatic N) is 4. The Kier molecular flexibility index (Phi) is 3.41. The van der Waals surface area contributed by atoms with Crippen LogP contribution in [0.5, 0.6) is 0 Å². The number of carboxylic acids is 1. The van der Waals surface area contributed by atoms with Gasteiger partial charge in [-0.05, 0) is 37.2 Å². The van der Waals surface area contributed by atoms with E-state index in [1.165, 1.54) is 17.8 Å². The average molecular weight is 379 g/mol. The van der Waals surface area contributed by atoms with E-state index in [2.05, 4.69) is 16.7 Å². The molecule has 2 aromatic heterocycles. The summed E-state index contributed by atoms with van der Waals surface area (Å²) in [5.41, 5.74) is 0. The molecule has 0 spiro atoms. The van der Waals surface area contributed by atoms with Crippen LogP contribution in [0, 0.1) is 17.8 Å². The van der Waals surface area contributed by atoms with Crippen LogP contribution in [0.2, 0.25) is 4.34 Å². The molecule has 1 aliphatic carbocycles. The summed E-state index contributed by atoms with van der Waals surface area (Å²) in [7, 11) is 0. The fourth-order valence-corrected chi connectivity index (χ4v) is 5.45. The Balaban J connectivity index is 1.46. The molecule has 1 N–H and O–H groups in total. The fraction of sp³-hybridized carbons (Fsp3) is 0.588. The molecule has 0 amide bonds. The van der Waals surface area contributed by atoms with E-state index in [1.54, 1.807) is 0 Å². The van der Waals surface area contributed by atoms with Gasteiger partial charge in [0.15, 0.2) is 0 Å². The van der Waals surface area contributed by atoms with Gasteiger partial charge in [0, 0.05) is 32.1 Å².